The summed E-state index contributed by atoms with van der Waals surface area (Å²) in [5.41, 5.74) is 2.95. The van der Waals surface area contributed by atoms with Crippen LogP contribution in [0.3, 0.4) is 0 Å². The van der Waals surface area contributed by atoms with Crippen molar-refractivity contribution in [1.82, 2.24) is 9.88 Å². The van der Waals surface area contributed by atoms with E-state index in [0.29, 0.717) is 17.6 Å². The summed E-state index contributed by atoms with van der Waals surface area (Å²) in [4.78, 5) is 14.3. The predicted molar refractivity (Wildman–Crippen MR) is 81.8 cm³/mol. The minimum atomic E-state index is -0.280. The number of fused-ring (bicyclic) bond motifs is 3. The first-order valence-corrected chi connectivity index (χ1v) is 7.35. The van der Waals surface area contributed by atoms with Crippen molar-refractivity contribution in [3.05, 3.63) is 30.0 Å². The van der Waals surface area contributed by atoms with Crippen LogP contribution in [0.25, 0.3) is 10.9 Å². The SMILES string of the molecule is COC(=O)c1cn(C)c2cc(N3CC4CC3CN4)ccc12. The molecule has 2 bridgehead atoms. The number of nitrogens with one attached hydrogen (secondary N) is 1. The monoisotopic (exact) mass is 285 g/mol. The molecule has 0 radical (unpaired) electrons. The molecule has 0 spiro atoms. The van der Waals surface area contributed by atoms with E-state index in [1.807, 2.05) is 23.9 Å². The van der Waals surface area contributed by atoms with Crippen molar-refractivity contribution in [2.75, 3.05) is 25.1 Å². The first kappa shape index (κ1) is 12.7. The number of rotatable bonds is 2. The van der Waals surface area contributed by atoms with Crippen molar-refractivity contribution >= 4 is 22.6 Å². The van der Waals surface area contributed by atoms with E-state index in [2.05, 4.69) is 22.3 Å². The van der Waals surface area contributed by atoms with Crippen LogP contribution in [0, 0.1) is 0 Å². The summed E-state index contributed by atoms with van der Waals surface area (Å²) in [6.45, 7) is 2.15. The van der Waals surface area contributed by atoms with Crippen LogP contribution in [0.5, 0.6) is 0 Å². The van der Waals surface area contributed by atoms with Crippen LogP contribution in [0.1, 0.15) is 16.8 Å². The molecule has 0 amide bonds. The fraction of sp³-hybridized carbons (Fsp3) is 0.438. The van der Waals surface area contributed by atoms with Gasteiger partial charge in [0.1, 0.15) is 0 Å². The van der Waals surface area contributed by atoms with Gasteiger partial charge in [0.05, 0.1) is 18.2 Å². The summed E-state index contributed by atoms with van der Waals surface area (Å²) in [7, 11) is 3.39. The Morgan fingerprint density at radius 1 is 1.43 bits per heavy atom. The van der Waals surface area contributed by atoms with Crippen molar-refractivity contribution in [2.24, 2.45) is 7.05 Å². The summed E-state index contributed by atoms with van der Waals surface area (Å²) in [5.74, 6) is -0.280. The van der Waals surface area contributed by atoms with Gasteiger partial charge >= 0.3 is 5.97 Å². The van der Waals surface area contributed by atoms with Crippen LogP contribution in [0.2, 0.25) is 0 Å². The Labute approximate surface area is 123 Å². The molecule has 1 N–H and O–H groups in total. The minimum absolute atomic E-state index is 0.280. The molecule has 2 fully saturated rings. The molecule has 5 nitrogen and oxygen atoms in total. The number of ether oxygens (including phenoxy) is 1. The highest BCUT2D eigenvalue weighted by Crippen LogP contribution is 2.32. The maximum atomic E-state index is 11.8. The van der Waals surface area contributed by atoms with E-state index < -0.39 is 0 Å². The number of hydrogen-bond acceptors (Lipinski definition) is 4. The molecule has 3 heterocycles. The van der Waals surface area contributed by atoms with Crippen LogP contribution >= 0.6 is 0 Å². The molecule has 0 saturated carbocycles. The number of carbonyl (C=O) groups excluding carboxylic acids is 1. The van der Waals surface area contributed by atoms with Crippen molar-refractivity contribution in [2.45, 2.75) is 18.5 Å². The smallest absolute Gasteiger partial charge is 0.340 e. The number of carbonyl (C=O) groups is 1. The Hall–Kier alpha value is -2.01. The summed E-state index contributed by atoms with van der Waals surface area (Å²) in [6.07, 6.45) is 3.08. The number of benzene rings is 1. The molecule has 2 aliphatic rings. The molecule has 0 aliphatic carbocycles. The lowest BCUT2D eigenvalue weighted by Crippen LogP contribution is -2.43. The van der Waals surface area contributed by atoms with Gasteiger partial charge < -0.3 is 19.5 Å². The second-order valence-electron chi connectivity index (χ2n) is 5.99. The average molecular weight is 285 g/mol. The standard InChI is InChI=1S/C16H19N3O2/c1-18-9-14(16(20)21-2)13-4-3-11(6-15(13)18)19-8-10-5-12(19)7-17-10/h3-4,6,9-10,12,17H,5,7-8H2,1-2H3. The number of aromatic nitrogens is 1. The van der Waals surface area contributed by atoms with E-state index in [0.717, 1.165) is 24.0 Å². The van der Waals surface area contributed by atoms with Gasteiger partial charge in [0.25, 0.3) is 0 Å². The first-order valence-electron chi connectivity index (χ1n) is 7.35. The van der Waals surface area contributed by atoms with E-state index in [1.54, 1.807) is 0 Å². The molecule has 2 aliphatic heterocycles. The summed E-state index contributed by atoms with van der Waals surface area (Å²) >= 11 is 0. The lowest BCUT2D eigenvalue weighted by molar-refractivity contribution is 0.0603. The van der Waals surface area contributed by atoms with E-state index >= 15 is 0 Å². The maximum Gasteiger partial charge on any atom is 0.340 e. The second-order valence-corrected chi connectivity index (χ2v) is 5.99. The molecule has 1 aromatic carbocycles. The highest BCUT2D eigenvalue weighted by Gasteiger charge is 2.37. The van der Waals surface area contributed by atoms with Crippen LogP contribution in [0.4, 0.5) is 5.69 Å². The Balaban J connectivity index is 1.77. The molecule has 4 rings (SSSR count). The number of hydrogen-bond donors (Lipinski definition) is 1. The fourth-order valence-corrected chi connectivity index (χ4v) is 3.70. The predicted octanol–water partition coefficient (Wildman–Crippen LogP) is 1.52. The Morgan fingerprint density at radius 3 is 2.95 bits per heavy atom. The molecular formula is C16H19N3O2. The molecule has 110 valence electrons. The summed E-state index contributed by atoms with van der Waals surface area (Å²) in [6, 6.07) is 7.58. The number of piperazine rings is 1. The summed E-state index contributed by atoms with van der Waals surface area (Å²) in [5, 5.41) is 4.48. The average Bonchev–Trinajstić information content (AvgIpc) is 3.21. The van der Waals surface area contributed by atoms with Gasteiger partial charge in [0, 0.05) is 49.5 Å². The maximum absolute atomic E-state index is 11.8. The number of anilines is 1. The second kappa shape index (κ2) is 4.49. The third-order valence-electron chi connectivity index (χ3n) is 4.77. The Kier molecular flexibility index (Phi) is 2.72. The normalized spacial score (nSPS) is 24.0. The van der Waals surface area contributed by atoms with Gasteiger partial charge in [-0.15, -0.1) is 0 Å². The first-order chi connectivity index (χ1) is 10.2. The van der Waals surface area contributed by atoms with Crippen LogP contribution in [0.15, 0.2) is 24.4 Å². The molecule has 21 heavy (non-hydrogen) atoms. The zero-order valence-electron chi connectivity index (χ0n) is 12.3. The van der Waals surface area contributed by atoms with Crippen LogP contribution < -0.4 is 10.2 Å². The zero-order chi connectivity index (χ0) is 14.6. The van der Waals surface area contributed by atoms with E-state index in [-0.39, 0.29) is 5.97 Å². The zero-order valence-corrected chi connectivity index (χ0v) is 12.3. The van der Waals surface area contributed by atoms with E-state index in [4.69, 9.17) is 4.74 Å². The van der Waals surface area contributed by atoms with Gasteiger partial charge in [0.15, 0.2) is 0 Å². The van der Waals surface area contributed by atoms with E-state index in [1.165, 1.54) is 19.2 Å². The number of aryl methyl sites for hydroxylation is 1. The highest BCUT2D eigenvalue weighted by atomic mass is 16.5. The highest BCUT2D eigenvalue weighted by molar-refractivity contribution is 6.05. The van der Waals surface area contributed by atoms with Gasteiger partial charge in [0.2, 0.25) is 0 Å². The topological polar surface area (TPSA) is 46.5 Å². The molecule has 1 aromatic heterocycles. The number of nitrogens with zero attached hydrogens (tertiary/aromatic N) is 2. The van der Waals surface area contributed by atoms with Gasteiger partial charge in [-0.2, -0.15) is 0 Å². The lowest BCUT2D eigenvalue weighted by Gasteiger charge is -2.29. The minimum Gasteiger partial charge on any atom is -0.465 e. The molecule has 2 aromatic rings. The third-order valence-corrected chi connectivity index (χ3v) is 4.77. The Bertz CT molecular complexity index is 722. The molecular weight excluding hydrogens is 266 g/mol. The fourth-order valence-electron chi connectivity index (χ4n) is 3.70. The lowest BCUT2D eigenvalue weighted by atomic mass is 10.1. The van der Waals surface area contributed by atoms with Gasteiger partial charge in [-0.1, -0.05) is 0 Å². The molecule has 2 saturated heterocycles. The van der Waals surface area contributed by atoms with E-state index in [9.17, 15) is 4.79 Å². The number of methoxy groups -OCH3 is 1. The quantitative estimate of drug-likeness (QED) is 0.850. The van der Waals surface area contributed by atoms with Gasteiger partial charge in [-0.05, 0) is 24.6 Å². The third kappa shape index (κ3) is 1.84. The number of esters is 1. The largest absolute Gasteiger partial charge is 0.465 e. The van der Waals surface area contributed by atoms with Crippen LogP contribution in [-0.2, 0) is 11.8 Å². The molecule has 2 atom stereocenters. The van der Waals surface area contributed by atoms with Gasteiger partial charge in [-0.25, -0.2) is 4.79 Å². The van der Waals surface area contributed by atoms with Crippen molar-refractivity contribution in [3.8, 4) is 0 Å². The molecule has 2 unspecified atom stereocenters. The van der Waals surface area contributed by atoms with Crippen molar-refractivity contribution in [3.63, 3.8) is 0 Å². The van der Waals surface area contributed by atoms with Crippen molar-refractivity contribution in [1.29, 1.82) is 0 Å². The molecule has 5 heteroatoms. The Morgan fingerprint density at radius 2 is 2.29 bits per heavy atom. The van der Waals surface area contributed by atoms with Crippen molar-refractivity contribution < 1.29 is 9.53 Å². The van der Waals surface area contributed by atoms with Gasteiger partial charge in [-0.3, -0.25) is 0 Å². The van der Waals surface area contributed by atoms with Crippen LogP contribution in [-0.4, -0.2) is 42.8 Å². The summed E-state index contributed by atoms with van der Waals surface area (Å²) < 4.78 is 6.85.